The molecule has 3 rings (SSSR count). The molecule has 0 aromatic carbocycles. The zero-order chi connectivity index (χ0) is 18.5. The molecule has 0 N–H and O–H groups in total. The Morgan fingerprint density at radius 1 is 1.19 bits per heavy atom. The number of amides is 1. The van der Waals surface area contributed by atoms with Gasteiger partial charge in [0.2, 0.25) is 0 Å². The molecule has 3 heterocycles. The summed E-state index contributed by atoms with van der Waals surface area (Å²) in [6, 6.07) is 5.22. The molecule has 138 valence electrons. The van der Waals surface area contributed by atoms with Crippen molar-refractivity contribution in [2.24, 2.45) is 0 Å². The number of nitrogens with zero attached hydrogens (tertiary/aromatic N) is 3. The van der Waals surface area contributed by atoms with Crippen molar-refractivity contribution < 1.29 is 18.7 Å². The summed E-state index contributed by atoms with van der Waals surface area (Å²) >= 11 is 0. The van der Waals surface area contributed by atoms with Crippen molar-refractivity contribution in [3.05, 3.63) is 53.2 Å². The topological polar surface area (TPSA) is 75.9 Å². The Morgan fingerprint density at radius 2 is 1.96 bits per heavy atom. The quantitative estimate of drug-likeness (QED) is 0.780. The molecule has 0 aliphatic carbocycles. The van der Waals surface area contributed by atoms with E-state index < -0.39 is 0 Å². The molecular weight excluding hydrogens is 334 g/mol. The minimum Gasteiger partial charge on any atom is -0.465 e. The van der Waals surface area contributed by atoms with Crippen molar-refractivity contribution in [1.29, 1.82) is 0 Å². The van der Waals surface area contributed by atoms with Crippen LogP contribution in [0.5, 0.6) is 0 Å². The zero-order valence-corrected chi connectivity index (χ0v) is 15.1. The van der Waals surface area contributed by atoms with Crippen LogP contribution in [-0.4, -0.2) is 59.9 Å². The van der Waals surface area contributed by atoms with E-state index in [0.29, 0.717) is 30.0 Å². The number of aryl methyl sites for hydroxylation is 1. The van der Waals surface area contributed by atoms with Crippen LogP contribution in [0.15, 0.2) is 35.0 Å². The number of carbonyl (C=O) groups is 2. The molecule has 7 nitrogen and oxygen atoms in total. The van der Waals surface area contributed by atoms with Gasteiger partial charge in [-0.15, -0.1) is 0 Å². The summed E-state index contributed by atoms with van der Waals surface area (Å²) in [6.07, 6.45) is 4.16. The van der Waals surface area contributed by atoms with Gasteiger partial charge in [-0.2, -0.15) is 0 Å². The molecule has 0 atom stereocenters. The van der Waals surface area contributed by atoms with Gasteiger partial charge < -0.3 is 14.1 Å². The summed E-state index contributed by atoms with van der Waals surface area (Å²) in [7, 11) is 1.36. The predicted molar refractivity (Wildman–Crippen MR) is 94.8 cm³/mol. The minimum atomic E-state index is -0.387. The van der Waals surface area contributed by atoms with Crippen molar-refractivity contribution in [2.45, 2.75) is 19.9 Å². The fourth-order valence-electron chi connectivity index (χ4n) is 3.16. The summed E-state index contributed by atoms with van der Waals surface area (Å²) < 4.78 is 10.5. The van der Waals surface area contributed by atoms with Crippen molar-refractivity contribution in [3.63, 3.8) is 0 Å². The molecule has 7 heteroatoms. The first-order valence-electron chi connectivity index (χ1n) is 8.67. The summed E-state index contributed by atoms with van der Waals surface area (Å²) in [5, 5.41) is 0. The third kappa shape index (κ3) is 4.11. The highest BCUT2D eigenvalue weighted by Crippen LogP contribution is 2.18. The molecule has 2 aromatic heterocycles. The number of esters is 1. The van der Waals surface area contributed by atoms with Crippen molar-refractivity contribution in [2.75, 3.05) is 33.3 Å². The van der Waals surface area contributed by atoms with Gasteiger partial charge in [0.05, 0.1) is 13.7 Å². The molecule has 1 aliphatic heterocycles. The van der Waals surface area contributed by atoms with Crippen LogP contribution in [0, 0.1) is 6.92 Å². The van der Waals surface area contributed by atoms with Gasteiger partial charge in [0.25, 0.3) is 5.91 Å². The van der Waals surface area contributed by atoms with Crippen LogP contribution in [0.2, 0.25) is 0 Å². The first-order chi connectivity index (χ1) is 12.6. The lowest BCUT2D eigenvalue weighted by atomic mass is 10.2. The Bertz CT molecular complexity index is 772. The van der Waals surface area contributed by atoms with Gasteiger partial charge in [0.1, 0.15) is 17.1 Å². The van der Waals surface area contributed by atoms with Crippen LogP contribution in [0.1, 0.15) is 38.7 Å². The Balaban J connectivity index is 1.61. The number of furan rings is 1. The molecule has 1 amide bonds. The number of ether oxygens (including phenoxy) is 1. The van der Waals surface area contributed by atoms with Crippen LogP contribution in [0.3, 0.4) is 0 Å². The molecule has 1 saturated heterocycles. The van der Waals surface area contributed by atoms with Gasteiger partial charge in [-0.05, 0) is 31.5 Å². The fourth-order valence-corrected chi connectivity index (χ4v) is 3.16. The van der Waals surface area contributed by atoms with E-state index in [4.69, 9.17) is 9.15 Å². The Morgan fingerprint density at radius 3 is 2.69 bits per heavy atom. The van der Waals surface area contributed by atoms with E-state index in [0.717, 1.165) is 31.8 Å². The number of hydrogen-bond acceptors (Lipinski definition) is 6. The average Bonchev–Trinajstić information content (AvgIpc) is 2.88. The number of hydrogen-bond donors (Lipinski definition) is 0. The molecule has 0 saturated carbocycles. The van der Waals surface area contributed by atoms with Crippen LogP contribution < -0.4 is 0 Å². The zero-order valence-electron chi connectivity index (χ0n) is 15.1. The highest BCUT2D eigenvalue weighted by Gasteiger charge is 2.22. The maximum atomic E-state index is 12.6. The molecular formula is C19H23N3O4. The Labute approximate surface area is 152 Å². The van der Waals surface area contributed by atoms with E-state index in [-0.39, 0.29) is 11.9 Å². The van der Waals surface area contributed by atoms with Crippen molar-refractivity contribution in [3.8, 4) is 0 Å². The molecule has 26 heavy (non-hydrogen) atoms. The lowest BCUT2D eigenvalue weighted by molar-refractivity contribution is 0.0598. The summed E-state index contributed by atoms with van der Waals surface area (Å²) in [5.41, 5.74) is 1.13. The molecule has 1 aliphatic rings. The molecule has 0 bridgehead atoms. The molecule has 0 radical (unpaired) electrons. The van der Waals surface area contributed by atoms with E-state index in [1.54, 1.807) is 37.5 Å². The first kappa shape index (κ1) is 18.1. The lowest BCUT2D eigenvalue weighted by Gasteiger charge is -2.21. The normalized spacial score (nSPS) is 15.5. The summed E-state index contributed by atoms with van der Waals surface area (Å²) in [6.45, 7) is 5.37. The lowest BCUT2D eigenvalue weighted by Crippen LogP contribution is -2.35. The number of pyridine rings is 1. The summed E-state index contributed by atoms with van der Waals surface area (Å²) in [5.74, 6) is 0.950. The third-order valence-corrected chi connectivity index (χ3v) is 4.56. The third-order valence-electron chi connectivity index (χ3n) is 4.56. The minimum absolute atomic E-state index is 0.0380. The first-order valence-corrected chi connectivity index (χ1v) is 8.67. The van der Waals surface area contributed by atoms with Gasteiger partial charge >= 0.3 is 5.97 Å². The number of methoxy groups -OCH3 is 1. The SMILES string of the molecule is COC(=O)c1cc(CN2CCCN(C(=O)c3ccncc3)CC2)oc1C. The monoisotopic (exact) mass is 357 g/mol. The highest BCUT2D eigenvalue weighted by molar-refractivity contribution is 5.94. The van der Waals surface area contributed by atoms with Crippen LogP contribution in [0.4, 0.5) is 0 Å². The average molecular weight is 357 g/mol. The van der Waals surface area contributed by atoms with E-state index in [9.17, 15) is 9.59 Å². The number of aromatic nitrogens is 1. The van der Waals surface area contributed by atoms with Crippen molar-refractivity contribution in [1.82, 2.24) is 14.8 Å². The van der Waals surface area contributed by atoms with Crippen LogP contribution >= 0.6 is 0 Å². The van der Waals surface area contributed by atoms with Gasteiger partial charge in [0.15, 0.2) is 0 Å². The van der Waals surface area contributed by atoms with Gasteiger partial charge in [-0.1, -0.05) is 0 Å². The highest BCUT2D eigenvalue weighted by atomic mass is 16.5. The second-order valence-electron chi connectivity index (χ2n) is 6.33. The van der Waals surface area contributed by atoms with E-state index >= 15 is 0 Å². The smallest absolute Gasteiger partial charge is 0.341 e. The molecule has 2 aromatic rings. The number of carbonyl (C=O) groups excluding carboxylic acids is 2. The van der Waals surface area contributed by atoms with E-state index in [1.807, 2.05) is 4.90 Å². The maximum absolute atomic E-state index is 12.6. The second kappa shape index (κ2) is 8.14. The fraction of sp³-hybridized carbons (Fsp3) is 0.421. The van der Waals surface area contributed by atoms with Gasteiger partial charge in [-0.25, -0.2) is 4.79 Å². The largest absolute Gasteiger partial charge is 0.465 e. The second-order valence-corrected chi connectivity index (χ2v) is 6.33. The van der Waals surface area contributed by atoms with E-state index in [2.05, 4.69) is 9.88 Å². The van der Waals surface area contributed by atoms with Crippen LogP contribution in [0.25, 0.3) is 0 Å². The van der Waals surface area contributed by atoms with Crippen LogP contribution in [-0.2, 0) is 11.3 Å². The molecule has 1 fully saturated rings. The number of rotatable bonds is 4. The van der Waals surface area contributed by atoms with Gasteiger partial charge in [0, 0.05) is 44.1 Å². The van der Waals surface area contributed by atoms with Crippen molar-refractivity contribution >= 4 is 11.9 Å². The molecule has 0 spiro atoms. The predicted octanol–water partition coefficient (Wildman–Crippen LogP) is 2.12. The maximum Gasteiger partial charge on any atom is 0.341 e. The molecule has 0 unspecified atom stereocenters. The van der Waals surface area contributed by atoms with E-state index in [1.165, 1.54) is 7.11 Å². The standard InChI is InChI=1S/C19H23N3O4/c1-14-17(19(24)25-2)12-16(26-14)13-21-8-3-9-22(11-10-21)18(23)15-4-6-20-7-5-15/h4-7,12H,3,8-11,13H2,1-2H3. The Kier molecular flexibility index (Phi) is 5.68. The Hall–Kier alpha value is -2.67. The summed E-state index contributed by atoms with van der Waals surface area (Å²) in [4.78, 5) is 32.4. The van der Waals surface area contributed by atoms with Gasteiger partial charge in [-0.3, -0.25) is 14.7 Å².